The molecular weight excluding hydrogens is 184 g/mol. The van der Waals surface area contributed by atoms with Crippen molar-refractivity contribution in [2.24, 2.45) is 5.73 Å². The average molecular weight is 206 g/mol. The molecule has 0 aromatic heterocycles. The lowest BCUT2D eigenvalue weighted by Gasteiger charge is -2.34. The Hall–Kier alpha value is -0.860. The highest BCUT2D eigenvalue weighted by molar-refractivity contribution is 5.14. The summed E-state index contributed by atoms with van der Waals surface area (Å²) in [6.45, 7) is 6.10. The van der Waals surface area contributed by atoms with E-state index in [2.05, 4.69) is 56.1 Å². The van der Waals surface area contributed by atoms with Crippen LogP contribution in [0.4, 0.5) is 0 Å². The maximum atomic E-state index is 5.73. The Morgan fingerprint density at radius 3 is 2.33 bits per heavy atom. The number of rotatable bonds is 5. The van der Waals surface area contributed by atoms with Gasteiger partial charge in [-0.2, -0.15) is 0 Å². The van der Waals surface area contributed by atoms with Crippen LogP contribution in [-0.4, -0.2) is 30.6 Å². The van der Waals surface area contributed by atoms with Gasteiger partial charge in [0.05, 0.1) is 0 Å². The fraction of sp³-hybridized carbons (Fsp3) is 0.538. The van der Waals surface area contributed by atoms with Crippen LogP contribution in [-0.2, 0) is 6.42 Å². The minimum atomic E-state index is 0.0920. The summed E-state index contributed by atoms with van der Waals surface area (Å²) in [5.74, 6) is 0. The molecule has 0 amide bonds. The first-order valence-electron chi connectivity index (χ1n) is 5.51. The van der Waals surface area contributed by atoms with Crippen LogP contribution < -0.4 is 5.73 Å². The first-order valence-corrected chi connectivity index (χ1v) is 5.51. The molecule has 0 spiro atoms. The van der Waals surface area contributed by atoms with Gasteiger partial charge in [0.1, 0.15) is 0 Å². The van der Waals surface area contributed by atoms with E-state index in [0.717, 1.165) is 13.0 Å². The van der Waals surface area contributed by atoms with Crippen LogP contribution in [0.2, 0.25) is 0 Å². The van der Waals surface area contributed by atoms with E-state index in [1.165, 1.54) is 5.56 Å². The quantitative estimate of drug-likeness (QED) is 0.797. The van der Waals surface area contributed by atoms with Crippen molar-refractivity contribution in [2.45, 2.75) is 25.8 Å². The van der Waals surface area contributed by atoms with Crippen LogP contribution >= 0.6 is 0 Å². The highest BCUT2D eigenvalue weighted by Gasteiger charge is 2.20. The molecule has 0 heterocycles. The predicted octanol–water partition coefficient (Wildman–Crippen LogP) is 1.90. The van der Waals surface area contributed by atoms with Gasteiger partial charge in [0.25, 0.3) is 0 Å². The van der Waals surface area contributed by atoms with Gasteiger partial charge in [-0.3, -0.25) is 4.90 Å². The van der Waals surface area contributed by atoms with Crippen molar-refractivity contribution in [1.29, 1.82) is 0 Å². The number of hydrogen-bond acceptors (Lipinski definition) is 2. The van der Waals surface area contributed by atoms with Crippen molar-refractivity contribution < 1.29 is 0 Å². The Morgan fingerprint density at radius 2 is 1.80 bits per heavy atom. The molecule has 0 atom stereocenters. The first kappa shape index (κ1) is 12.2. The second kappa shape index (κ2) is 5.29. The Labute approximate surface area is 93.1 Å². The number of nitrogens with two attached hydrogens (primary N) is 1. The van der Waals surface area contributed by atoms with Crippen LogP contribution in [0, 0.1) is 0 Å². The van der Waals surface area contributed by atoms with Gasteiger partial charge >= 0.3 is 0 Å². The Balaban J connectivity index is 2.44. The summed E-state index contributed by atoms with van der Waals surface area (Å²) in [5.41, 5.74) is 7.21. The van der Waals surface area contributed by atoms with Crippen molar-refractivity contribution in [3.8, 4) is 0 Å². The third-order valence-corrected chi connectivity index (χ3v) is 3.11. The largest absolute Gasteiger partial charge is 0.329 e. The molecule has 0 saturated carbocycles. The molecule has 1 aromatic carbocycles. The molecule has 0 fully saturated rings. The second-order valence-electron chi connectivity index (χ2n) is 4.67. The fourth-order valence-electron chi connectivity index (χ4n) is 1.40. The molecule has 1 rings (SSSR count). The Kier molecular flexibility index (Phi) is 4.30. The smallest absolute Gasteiger partial charge is 0.0272 e. The van der Waals surface area contributed by atoms with Gasteiger partial charge in [-0.05, 0) is 32.9 Å². The molecule has 15 heavy (non-hydrogen) atoms. The molecule has 0 radical (unpaired) electrons. The molecule has 2 heteroatoms. The Morgan fingerprint density at radius 1 is 1.20 bits per heavy atom. The van der Waals surface area contributed by atoms with Crippen molar-refractivity contribution in [1.82, 2.24) is 4.90 Å². The number of hydrogen-bond donors (Lipinski definition) is 1. The van der Waals surface area contributed by atoms with Crippen LogP contribution in [0.1, 0.15) is 19.4 Å². The van der Waals surface area contributed by atoms with Gasteiger partial charge in [-0.25, -0.2) is 0 Å². The van der Waals surface area contributed by atoms with Crippen LogP contribution in [0.5, 0.6) is 0 Å². The van der Waals surface area contributed by atoms with Crippen molar-refractivity contribution in [2.75, 3.05) is 20.1 Å². The highest BCUT2D eigenvalue weighted by atomic mass is 15.2. The van der Waals surface area contributed by atoms with Gasteiger partial charge in [0.15, 0.2) is 0 Å². The van der Waals surface area contributed by atoms with E-state index >= 15 is 0 Å². The van der Waals surface area contributed by atoms with Crippen molar-refractivity contribution >= 4 is 0 Å². The highest BCUT2D eigenvalue weighted by Crippen LogP contribution is 2.11. The van der Waals surface area contributed by atoms with E-state index in [1.54, 1.807) is 0 Å². The molecule has 2 nitrogen and oxygen atoms in total. The maximum Gasteiger partial charge on any atom is 0.0272 e. The molecule has 0 bridgehead atoms. The molecule has 0 unspecified atom stereocenters. The summed E-state index contributed by atoms with van der Waals surface area (Å²) >= 11 is 0. The normalized spacial score (nSPS) is 12.1. The zero-order chi connectivity index (χ0) is 11.3. The lowest BCUT2D eigenvalue weighted by molar-refractivity contribution is 0.166. The SMILES string of the molecule is CN(CCc1ccccc1)C(C)(C)CN. The van der Waals surface area contributed by atoms with Gasteiger partial charge < -0.3 is 5.73 Å². The van der Waals surface area contributed by atoms with E-state index in [4.69, 9.17) is 5.73 Å². The third-order valence-electron chi connectivity index (χ3n) is 3.11. The molecule has 0 aliphatic rings. The molecule has 2 N–H and O–H groups in total. The van der Waals surface area contributed by atoms with Crippen molar-refractivity contribution in [3.63, 3.8) is 0 Å². The summed E-state index contributed by atoms with van der Waals surface area (Å²) in [6.07, 6.45) is 1.08. The van der Waals surface area contributed by atoms with E-state index in [9.17, 15) is 0 Å². The van der Waals surface area contributed by atoms with Gasteiger partial charge in [-0.15, -0.1) is 0 Å². The zero-order valence-electron chi connectivity index (χ0n) is 10.0. The lowest BCUT2D eigenvalue weighted by atomic mass is 10.0. The summed E-state index contributed by atoms with van der Waals surface area (Å²) in [7, 11) is 2.13. The number of nitrogens with zero attached hydrogens (tertiary/aromatic N) is 1. The summed E-state index contributed by atoms with van der Waals surface area (Å²) in [4.78, 5) is 2.32. The van der Waals surface area contributed by atoms with E-state index in [-0.39, 0.29) is 5.54 Å². The zero-order valence-corrected chi connectivity index (χ0v) is 10.0. The Bertz CT molecular complexity index is 280. The molecule has 1 aromatic rings. The first-order chi connectivity index (χ1) is 7.06. The number of benzene rings is 1. The topological polar surface area (TPSA) is 29.3 Å². The third kappa shape index (κ3) is 3.65. The maximum absolute atomic E-state index is 5.73. The van der Waals surface area contributed by atoms with Gasteiger partial charge in [-0.1, -0.05) is 30.3 Å². The van der Waals surface area contributed by atoms with Gasteiger partial charge in [0.2, 0.25) is 0 Å². The van der Waals surface area contributed by atoms with E-state index in [0.29, 0.717) is 6.54 Å². The summed E-state index contributed by atoms with van der Waals surface area (Å²) < 4.78 is 0. The predicted molar refractivity (Wildman–Crippen MR) is 65.9 cm³/mol. The minimum Gasteiger partial charge on any atom is -0.329 e. The average Bonchev–Trinajstić information content (AvgIpc) is 2.27. The minimum absolute atomic E-state index is 0.0920. The second-order valence-corrected chi connectivity index (χ2v) is 4.67. The molecule has 0 saturated heterocycles. The monoisotopic (exact) mass is 206 g/mol. The van der Waals surface area contributed by atoms with Crippen LogP contribution in [0.3, 0.4) is 0 Å². The lowest BCUT2D eigenvalue weighted by Crippen LogP contribution is -2.47. The van der Waals surface area contributed by atoms with Crippen LogP contribution in [0.25, 0.3) is 0 Å². The fourth-order valence-corrected chi connectivity index (χ4v) is 1.40. The molecular formula is C13H22N2. The standard InChI is InChI=1S/C13H22N2/c1-13(2,11-14)15(3)10-9-12-7-5-4-6-8-12/h4-8H,9-11,14H2,1-3H3. The molecule has 0 aliphatic carbocycles. The van der Waals surface area contributed by atoms with Gasteiger partial charge in [0, 0.05) is 18.6 Å². The number of likely N-dealkylation sites (N-methyl/N-ethyl adjacent to an activating group) is 1. The van der Waals surface area contributed by atoms with Crippen LogP contribution in [0.15, 0.2) is 30.3 Å². The molecule has 0 aliphatic heterocycles. The molecule has 84 valence electrons. The van der Waals surface area contributed by atoms with E-state index in [1.807, 2.05) is 0 Å². The summed E-state index contributed by atoms with van der Waals surface area (Å²) in [6, 6.07) is 10.6. The summed E-state index contributed by atoms with van der Waals surface area (Å²) in [5, 5.41) is 0. The van der Waals surface area contributed by atoms with Crippen molar-refractivity contribution in [3.05, 3.63) is 35.9 Å². The van der Waals surface area contributed by atoms with E-state index < -0.39 is 0 Å².